The smallest absolute Gasteiger partial charge is 0.319 e. The fraction of sp³-hybridized carbons (Fsp3) is 0.312. The topological polar surface area (TPSA) is 91.0 Å². The first kappa shape index (κ1) is 17.8. The summed E-state index contributed by atoms with van der Waals surface area (Å²) >= 11 is 5.99. The Morgan fingerprint density at radius 1 is 1.17 bits per heavy atom. The maximum absolute atomic E-state index is 11.8. The molecule has 0 radical (unpaired) electrons. The maximum atomic E-state index is 11.8. The van der Waals surface area contributed by atoms with Crippen LogP contribution < -0.4 is 21.3 Å². The van der Waals surface area contributed by atoms with Gasteiger partial charge < -0.3 is 21.3 Å². The fourth-order valence-electron chi connectivity index (χ4n) is 2.00. The maximum Gasteiger partial charge on any atom is 0.319 e. The van der Waals surface area contributed by atoms with Gasteiger partial charge in [0, 0.05) is 31.4 Å². The number of halogens is 1. The number of carbonyl (C=O) groups is 1. The van der Waals surface area contributed by atoms with Gasteiger partial charge in [0.05, 0.1) is 10.7 Å². The van der Waals surface area contributed by atoms with Crippen LogP contribution in [0, 0.1) is 6.92 Å². The Bertz CT molecular complexity index is 694. The van der Waals surface area contributed by atoms with Crippen LogP contribution in [0.15, 0.2) is 30.3 Å². The molecule has 2 amide bonds. The predicted octanol–water partition coefficient (Wildman–Crippen LogP) is 3.10. The number of aromatic nitrogens is 2. The molecule has 7 nitrogen and oxygen atoms in total. The van der Waals surface area contributed by atoms with E-state index < -0.39 is 0 Å². The van der Waals surface area contributed by atoms with E-state index in [2.05, 4.69) is 31.2 Å². The quantitative estimate of drug-likeness (QED) is 0.577. The number of anilines is 3. The van der Waals surface area contributed by atoms with Gasteiger partial charge in [-0.3, -0.25) is 0 Å². The van der Waals surface area contributed by atoms with Gasteiger partial charge in [-0.05, 0) is 26.0 Å². The van der Waals surface area contributed by atoms with Gasteiger partial charge in [0.2, 0.25) is 5.95 Å². The summed E-state index contributed by atoms with van der Waals surface area (Å²) in [6, 6.07) is 8.63. The first-order valence-corrected chi connectivity index (χ1v) is 8.09. The number of urea groups is 1. The molecule has 0 fully saturated rings. The molecule has 1 heterocycles. The lowest BCUT2D eigenvalue weighted by atomic mass is 10.3. The Hall–Kier alpha value is -2.54. The van der Waals surface area contributed by atoms with Crippen LogP contribution in [0.4, 0.5) is 22.2 Å². The van der Waals surface area contributed by atoms with E-state index in [1.54, 1.807) is 24.3 Å². The lowest BCUT2D eigenvalue weighted by Gasteiger charge is -2.10. The van der Waals surface area contributed by atoms with Gasteiger partial charge in [0.25, 0.3) is 0 Å². The molecule has 0 spiro atoms. The van der Waals surface area contributed by atoms with Gasteiger partial charge in [-0.1, -0.05) is 23.7 Å². The monoisotopic (exact) mass is 348 g/mol. The Morgan fingerprint density at radius 2 is 1.96 bits per heavy atom. The molecule has 2 aromatic rings. The molecule has 0 atom stereocenters. The van der Waals surface area contributed by atoms with E-state index in [1.165, 1.54) is 0 Å². The summed E-state index contributed by atoms with van der Waals surface area (Å²) in [5.74, 6) is 1.30. The number of carbonyl (C=O) groups excluding carboxylic acids is 1. The van der Waals surface area contributed by atoms with Crippen LogP contribution in [0.25, 0.3) is 0 Å². The highest BCUT2D eigenvalue weighted by Gasteiger charge is 2.05. The van der Waals surface area contributed by atoms with Crippen LogP contribution in [-0.4, -0.2) is 35.6 Å². The van der Waals surface area contributed by atoms with Gasteiger partial charge >= 0.3 is 6.03 Å². The van der Waals surface area contributed by atoms with E-state index >= 15 is 0 Å². The highest BCUT2D eigenvalue weighted by Crippen LogP contribution is 2.19. The Kier molecular flexibility index (Phi) is 6.62. The second-order valence-corrected chi connectivity index (χ2v) is 5.44. The standard InChI is InChI=1S/C16H21ClN6O/c1-3-18-14-10-11(2)21-15(23-14)19-8-9-20-16(24)22-13-7-5-4-6-12(13)17/h4-7,10H,3,8-9H2,1-2H3,(H2,20,22,24)(H2,18,19,21,23). The van der Waals surface area contributed by atoms with E-state index in [-0.39, 0.29) is 6.03 Å². The minimum Gasteiger partial charge on any atom is -0.370 e. The van der Waals surface area contributed by atoms with E-state index in [1.807, 2.05) is 19.9 Å². The van der Waals surface area contributed by atoms with Crippen molar-refractivity contribution in [2.24, 2.45) is 0 Å². The third-order valence-corrected chi connectivity index (χ3v) is 3.36. The molecule has 24 heavy (non-hydrogen) atoms. The zero-order chi connectivity index (χ0) is 17.4. The number of rotatable bonds is 7. The molecule has 2 rings (SSSR count). The number of benzene rings is 1. The molecule has 0 saturated carbocycles. The predicted molar refractivity (Wildman–Crippen MR) is 97.9 cm³/mol. The number of amides is 2. The molecule has 1 aromatic carbocycles. The summed E-state index contributed by atoms with van der Waals surface area (Å²) in [6.07, 6.45) is 0. The Labute approximate surface area is 146 Å². The third kappa shape index (κ3) is 5.58. The number of hydrogen-bond donors (Lipinski definition) is 4. The number of hydrogen-bond acceptors (Lipinski definition) is 5. The molecule has 4 N–H and O–H groups in total. The largest absolute Gasteiger partial charge is 0.370 e. The van der Waals surface area contributed by atoms with Crippen molar-refractivity contribution in [1.29, 1.82) is 0 Å². The van der Waals surface area contributed by atoms with Crippen LogP contribution in [0.1, 0.15) is 12.6 Å². The van der Waals surface area contributed by atoms with Crippen molar-refractivity contribution in [2.75, 3.05) is 35.6 Å². The van der Waals surface area contributed by atoms with Crippen molar-refractivity contribution in [1.82, 2.24) is 15.3 Å². The van der Waals surface area contributed by atoms with Crippen molar-refractivity contribution in [3.63, 3.8) is 0 Å². The average molecular weight is 349 g/mol. The zero-order valence-corrected chi connectivity index (χ0v) is 14.4. The summed E-state index contributed by atoms with van der Waals surface area (Å²) in [5.41, 5.74) is 1.44. The van der Waals surface area contributed by atoms with E-state index in [0.29, 0.717) is 29.7 Å². The second kappa shape index (κ2) is 8.93. The lowest BCUT2D eigenvalue weighted by Crippen LogP contribution is -2.32. The molecular weight excluding hydrogens is 328 g/mol. The minimum atomic E-state index is -0.316. The normalized spacial score (nSPS) is 10.1. The van der Waals surface area contributed by atoms with Crippen LogP contribution in [0.2, 0.25) is 5.02 Å². The minimum absolute atomic E-state index is 0.316. The van der Waals surface area contributed by atoms with Crippen molar-refractivity contribution >= 4 is 35.1 Å². The van der Waals surface area contributed by atoms with Crippen molar-refractivity contribution < 1.29 is 4.79 Å². The number of para-hydroxylation sites is 1. The second-order valence-electron chi connectivity index (χ2n) is 5.04. The number of nitrogens with one attached hydrogen (secondary N) is 4. The van der Waals surface area contributed by atoms with Crippen molar-refractivity contribution in [3.05, 3.63) is 41.0 Å². The van der Waals surface area contributed by atoms with Gasteiger partial charge in [0.1, 0.15) is 5.82 Å². The highest BCUT2D eigenvalue weighted by molar-refractivity contribution is 6.33. The fourth-order valence-corrected chi connectivity index (χ4v) is 2.18. The average Bonchev–Trinajstić information content (AvgIpc) is 2.54. The summed E-state index contributed by atoms with van der Waals surface area (Å²) < 4.78 is 0. The van der Waals surface area contributed by atoms with Gasteiger partial charge in [-0.15, -0.1) is 0 Å². The molecule has 0 aliphatic heterocycles. The van der Waals surface area contributed by atoms with E-state index in [0.717, 1.165) is 18.1 Å². The Morgan fingerprint density at radius 3 is 2.71 bits per heavy atom. The van der Waals surface area contributed by atoms with E-state index in [9.17, 15) is 4.79 Å². The molecule has 8 heteroatoms. The van der Waals surface area contributed by atoms with E-state index in [4.69, 9.17) is 11.6 Å². The van der Waals surface area contributed by atoms with Crippen molar-refractivity contribution in [2.45, 2.75) is 13.8 Å². The highest BCUT2D eigenvalue weighted by atomic mass is 35.5. The van der Waals surface area contributed by atoms with Crippen LogP contribution >= 0.6 is 11.6 Å². The summed E-state index contributed by atoms with van der Waals surface area (Å²) in [6.45, 7) is 5.63. The molecule has 0 saturated heterocycles. The van der Waals surface area contributed by atoms with Crippen LogP contribution in [0.3, 0.4) is 0 Å². The SMILES string of the molecule is CCNc1cc(C)nc(NCCNC(=O)Nc2ccccc2Cl)n1. The van der Waals surface area contributed by atoms with Crippen LogP contribution in [0.5, 0.6) is 0 Å². The molecular formula is C16H21ClN6O. The summed E-state index contributed by atoms with van der Waals surface area (Å²) in [5, 5.41) is 12.2. The molecule has 0 unspecified atom stereocenters. The molecule has 1 aromatic heterocycles. The first-order chi connectivity index (χ1) is 11.6. The number of aryl methyl sites for hydroxylation is 1. The summed E-state index contributed by atoms with van der Waals surface area (Å²) in [7, 11) is 0. The molecule has 0 bridgehead atoms. The molecule has 0 aliphatic carbocycles. The van der Waals surface area contributed by atoms with Crippen molar-refractivity contribution in [3.8, 4) is 0 Å². The molecule has 0 aliphatic rings. The first-order valence-electron chi connectivity index (χ1n) is 7.71. The van der Waals surface area contributed by atoms with Gasteiger partial charge in [0.15, 0.2) is 0 Å². The van der Waals surface area contributed by atoms with Gasteiger partial charge in [-0.25, -0.2) is 9.78 Å². The third-order valence-electron chi connectivity index (χ3n) is 3.03. The lowest BCUT2D eigenvalue weighted by molar-refractivity contribution is 0.252. The number of nitrogens with zero attached hydrogens (tertiary/aromatic N) is 2. The Balaban J connectivity index is 1.76. The zero-order valence-electron chi connectivity index (χ0n) is 13.7. The van der Waals surface area contributed by atoms with Crippen LogP contribution in [-0.2, 0) is 0 Å². The summed E-state index contributed by atoms with van der Waals surface area (Å²) in [4.78, 5) is 20.5. The molecule has 128 valence electrons. The van der Waals surface area contributed by atoms with Gasteiger partial charge in [-0.2, -0.15) is 4.98 Å².